The van der Waals surface area contributed by atoms with Gasteiger partial charge in [-0.05, 0) is 38.3 Å². The average Bonchev–Trinajstić information content (AvgIpc) is 3.12. The number of hydrogen-bond acceptors (Lipinski definition) is 4. The van der Waals surface area contributed by atoms with Gasteiger partial charge in [-0.1, -0.05) is 12.1 Å². The molecule has 0 atom stereocenters. The van der Waals surface area contributed by atoms with Crippen molar-refractivity contribution >= 4 is 23.0 Å². The minimum Gasteiger partial charge on any atom is -0.469 e. The maximum atomic E-state index is 11.7. The molecular weight excluding hydrogens is 342 g/mol. The van der Waals surface area contributed by atoms with Gasteiger partial charge < -0.3 is 19.9 Å². The number of para-hydroxylation sites is 2. The highest BCUT2D eigenvalue weighted by Crippen LogP contribution is 2.18. The Morgan fingerprint density at radius 3 is 2.85 bits per heavy atom. The summed E-state index contributed by atoms with van der Waals surface area (Å²) in [5, 5.41) is 3.37. The number of likely N-dealkylation sites (tertiary alicyclic amines) is 1. The number of aromatic nitrogens is 2. The number of aliphatic imine (C=N–C) groups is 1. The summed E-state index contributed by atoms with van der Waals surface area (Å²) < 4.78 is 4.86. The lowest BCUT2D eigenvalue weighted by Crippen LogP contribution is -2.46. The van der Waals surface area contributed by atoms with Crippen LogP contribution >= 0.6 is 0 Å². The van der Waals surface area contributed by atoms with Crippen LogP contribution in [0, 0.1) is 5.92 Å². The highest BCUT2D eigenvalue weighted by Gasteiger charge is 2.26. The molecule has 1 aromatic carbocycles. The van der Waals surface area contributed by atoms with Crippen molar-refractivity contribution in [2.45, 2.75) is 32.6 Å². The molecule has 0 bridgehead atoms. The molecule has 2 heterocycles. The summed E-state index contributed by atoms with van der Waals surface area (Å²) in [5.41, 5.74) is 2.09. The Labute approximate surface area is 160 Å². The molecule has 2 N–H and O–H groups in total. The first-order valence-electron chi connectivity index (χ1n) is 9.76. The zero-order valence-corrected chi connectivity index (χ0v) is 16.2. The van der Waals surface area contributed by atoms with E-state index in [9.17, 15) is 4.79 Å². The van der Waals surface area contributed by atoms with Crippen molar-refractivity contribution in [1.82, 2.24) is 20.2 Å². The molecule has 3 rings (SSSR count). The van der Waals surface area contributed by atoms with Gasteiger partial charge in [-0.25, -0.2) is 4.98 Å². The number of fused-ring (bicyclic) bond motifs is 1. The standard InChI is InChI=1S/C20H29N5O2/c1-3-21-20(25-13-10-15(11-14-25)19(26)27-2)22-12-6-9-18-23-16-7-4-5-8-17(16)24-18/h4-5,7-8,15H,3,6,9-14H2,1-2H3,(H,21,22)(H,23,24). The Kier molecular flexibility index (Phi) is 6.68. The molecule has 0 radical (unpaired) electrons. The van der Waals surface area contributed by atoms with Gasteiger partial charge in [0, 0.05) is 32.6 Å². The Morgan fingerprint density at radius 2 is 2.15 bits per heavy atom. The van der Waals surface area contributed by atoms with E-state index < -0.39 is 0 Å². The van der Waals surface area contributed by atoms with Gasteiger partial charge >= 0.3 is 5.97 Å². The highest BCUT2D eigenvalue weighted by molar-refractivity contribution is 5.80. The van der Waals surface area contributed by atoms with Crippen LogP contribution < -0.4 is 5.32 Å². The molecule has 0 saturated carbocycles. The van der Waals surface area contributed by atoms with E-state index in [-0.39, 0.29) is 11.9 Å². The van der Waals surface area contributed by atoms with Gasteiger partial charge in [0.1, 0.15) is 5.82 Å². The van der Waals surface area contributed by atoms with E-state index in [0.29, 0.717) is 0 Å². The summed E-state index contributed by atoms with van der Waals surface area (Å²) in [5.74, 6) is 1.87. The maximum absolute atomic E-state index is 11.7. The molecule has 1 saturated heterocycles. The van der Waals surface area contributed by atoms with Crippen LogP contribution in [0.25, 0.3) is 11.0 Å². The number of aromatic amines is 1. The number of nitrogens with one attached hydrogen (secondary N) is 2. The van der Waals surface area contributed by atoms with Crippen molar-refractivity contribution in [3.05, 3.63) is 30.1 Å². The van der Waals surface area contributed by atoms with Crippen LogP contribution in [-0.4, -0.2) is 60.1 Å². The van der Waals surface area contributed by atoms with Crippen molar-refractivity contribution in [3.63, 3.8) is 0 Å². The van der Waals surface area contributed by atoms with Gasteiger partial charge in [-0.15, -0.1) is 0 Å². The van der Waals surface area contributed by atoms with E-state index in [1.54, 1.807) is 0 Å². The third-order valence-corrected chi connectivity index (χ3v) is 4.94. The molecule has 1 fully saturated rings. The molecule has 1 aromatic heterocycles. The number of imidazole rings is 1. The van der Waals surface area contributed by atoms with E-state index in [1.165, 1.54) is 7.11 Å². The lowest BCUT2D eigenvalue weighted by Gasteiger charge is -2.33. The molecule has 0 aliphatic carbocycles. The molecule has 2 aromatic rings. The first kappa shape index (κ1) is 19.2. The smallest absolute Gasteiger partial charge is 0.308 e. The summed E-state index contributed by atoms with van der Waals surface area (Å²) in [7, 11) is 1.46. The fourth-order valence-electron chi connectivity index (χ4n) is 3.47. The number of piperidine rings is 1. The summed E-state index contributed by atoms with van der Waals surface area (Å²) in [6.07, 6.45) is 3.45. The van der Waals surface area contributed by atoms with Gasteiger partial charge in [0.25, 0.3) is 0 Å². The van der Waals surface area contributed by atoms with Crippen LogP contribution in [-0.2, 0) is 16.0 Å². The van der Waals surface area contributed by atoms with Crippen LogP contribution in [0.5, 0.6) is 0 Å². The molecule has 1 aliphatic rings. The minimum atomic E-state index is -0.0950. The Hall–Kier alpha value is -2.57. The molecule has 0 unspecified atom stereocenters. The number of carbonyl (C=O) groups excluding carboxylic acids is 1. The summed E-state index contributed by atoms with van der Waals surface area (Å²) in [6, 6.07) is 8.09. The van der Waals surface area contributed by atoms with Crippen LogP contribution in [0.1, 0.15) is 32.0 Å². The molecule has 27 heavy (non-hydrogen) atoms. The lowest BCUT2D eigenvalue weighted by atomic mass is 9.97. The largest absolute Gasteiger partial charge is 0.469 e. The molecular formula is C20H29N5O2. The van der Waals surface area contributed by atoms with E-state index in [2.05, 4.69) is 27.1 Å². The molecule has 7 heteroatoms. The maximum Gasteiger partial charge on any atom is 0.308 e. The molecule has 0 amide bonds. The normalized spacial score (nSPS) is 15.9. The topological polar surface area (TPSA) is 82.6 Å². The quantitative estimate of drug-likeness (QED) is 0.352. The summed E-state index contributed by atoms with van der Waals surface area (Å²) in [4.78, 5) is 26.7. The number of aryl methyl sites for hydroxylation is 1. The second-order valence-electron chi connectivity index (χ2n) is 6.82. The molecule has 7 nitrogen and oxygen atoms in total. The van der Waals surface area contributed by atoms with Gasteiger partial charge in [0.15, 0.2) is 5.96 Å². The predicted octanol–water partition coefficient (Wildman–Crippen LogP) is 2.35. The van der Waals surface area contributed by atoms with Crippen molar-refractivity contribution in [2.24, 2.45) is 10.9 Å². The second kappa shape index (κ2) is 9.39. The van der Waals surface area contributed by atoms with Crippen molar-refractivity contribution in [1.29, 1.82) is 0 Å². The van der Waals surface area contributed by atoms with Gasteiger partial charge in [-0.3, -0.25) is 9.79 Å². The first-order valence-corrected chi connectivity index (χ1v) is 9.76. The minimum absolute atomic E-state index is 0.0159. The van der Waals surface area contributed by atoms with Crippen LogP contribution in [0.4, 0.5) is 0 Å². The molecule has 1 aliphatic heterocycles. The summed E-state index contributed by atoms with van der Waals surface area (Å²) >= 11 is 0. The average molecular weight is 371 g/mol. The number of ether oxygens (including phenoxy) is 1. The van der Waals surface area contributed by atoms with Crippen molar-refractivity contribution < 1.29 is 9.53 Å². The number of rotatable bonds is 6. The Bertz CT molecular complexity index is 745. The zero-order valence-electron chi connectivity index (χ0n) is 16.2. The Balaban J connectivity index is 1.51. The van der Waals surface area contributed by atoms with E-state index >= 15 is 0 Å². The second-order valence-corrected chi connectivity index (χ2v) is 6.82. The van der Waals surface area contributed by atoms with Crippen LogP contribution in [0.2, 0.25) is 0 Å². The number of esters is 1. The van der Waals surface area contributed by atoms with Gasteiger partial charge in [0.05, 0.1) is 24.1 Å². The van der Waals surface area contributed by atoms with Crippen molar-refractivity contribution in [2.75, 3.05) is 33.3 Å². The monoisotopic (exact) mass is 371 g/mol. The van der Waals surface area contributed by atoms with Gasteiger partial charge in [-0.2, -0.15) is 0 Å². The number of benzene rings is 1. The fraction of sp³-hybridized carbons (Fsp3) is 0.550. The highest BCUT2D eigenvalue weighted by atomic mass is 16.5. The number of hydrogen-bond donors (Lipinski definition) is 2. The van der Waals surface area contributed by atoms with E-state index in [0.717, 1.165) is 74.7 Å². The first-order chi connectivity index (χ1) is 13.2. The number of H-pyrrole nitrogens is 1. The third kappa shape index (κ3) is 4.99. The van der Waals surface area contributed by atoms with E-state index in [4.69, 9.17) is 9.73 Å². The lowest BCUT2D eigenvalue weighted by molar-refractivity contribution is -0.146. The number of nitrogens with zero attached hydrogens (tertiary/aromatic N) is 3. The number of guanidine groups is 1. The van der Waals surface area contributed by atoms with Gasteiger partial charge in [0.2, 0.25) is 0 Å². The molecule has 0 spiro atoms. The van der Waals surface area contributed by atoms with Crippen LogP contribution in [0.15, 0.2) is 29.3 Å². The predicted molar refractivity (Wildman–Crippen MR) is 107 cm³/mol. The summed E-state index contributed by atoms with van der Waals surface area (Å²) in [6.45, 7) is 5.31. The number of methoxy groups -OCH3 is 1. The fourth-order valence-corrected chi connectivity index (χ4v) is 3.47. The SMILES string of the molecule is CCNC(=NCCCc1nc2ccccc2[nH]1)N1CCC(C(=O)OC)CC1. The van der Waals surface area contributed by atoms with Crippen molar-refractivity contribution in [3.8, 4) is 0 Å². The third-order valence-electron chi connectivity index (χ3n) is 4.94. The van der Waals surface area contributed by atoms with Crippen LogP contribution in [0.3, 0.4) is 0 Å². The van der Waals surface area contributed by atoms with E-state index in [1.807, 2.05) is 24.3 Å². The zero-order chi connectivity index (χ0) is 19.1. The molecule has 146 valence electrons. The number of carbonyl (C=O) groups is 1. The Morgan fingerprint density at radius 1 is 1.37 bits per heavy atom.